The Balaban J connectivity index is 1.83. The van der Waals surface area contributed by atoms with E-state index >= 15 is 0 Å². The zero-order valence-corrected chi connectivity index (χ0v) is 10.7. The Morgan fingerprint density at radius 1 is 1.47 bits per heavy atom. The summed E-state index contributed by atoms with van der Waals surface area (Å²) >= 11 is 1.97. The van der Waals surface area contributed by atoms with Gasteiger partial charge in [-0.25, -0.2) is 9.97 Å². The number of fused-ring (bicyclic) bond motifs is 1. The maximum atomic E-state index is 6.00. The average molecular weight is 250 g/mol. The first kappa shape index (κ1) is 11.3. The lowest BCUT2D eigenvalue weighted by molar-refractivity contribution is 0.499. The minimum Gasteiger partial charge on any atom is -0.339 e. The highest BCUT2D eigenvalue weighted by atomic mass is 32.2. The summed E-state index contributed by atoms with van der Waals surface area (Å²) in [4.78, 5) is 11.4. The summed E-state index contributed by atoms with van der Waals surface area (Å²) in [7, 11) is 0. The monoisotopic (exact) mass is 250 g/mol. The third-order valence-corrected chi connectivity index (χ3v) is 4.43. The molecule has 4 nitrogen and oxygen atoms in total. The van der Waals surface area contributed by atoms with Crippen molar-refractivity contribution in [2.24, 2.45) is 5.73 Å². The van der Waals surface area contributed by atoms with Crippen LogP contribution in [0.2, 0.25) is 0 Å². The smallest absolute Gasteiger partial charge is 0.225 e. The van der Waals surface area contributed by atoms with Crippen LogP contribution in [0, 0.1) is 0 Å². The molecule has 0 bridgehead atoms. The fourth-order valence-corrected chi connectivity index (χ4v) is 3.41. The van der Waals surface area contributed by atoms with Crippen LogP contribution in [-0.4, -0.2) is 34.9 Å². The highest BCUT2D eigenvalue weighted by molar-refractivity contribution is 7.98. The summed E-state index contributed by atoms with van der Waals surface area (Å²) in [6, 6.07) is 0.277. The van der Waals surface area contributed by atoms with Crippen molar-refractivity contribution in [1.29, 1.82) is 0 Å². The van der Waals surface area contributed by atoms with Crippen LogP contribution in [-0.2, 0) is 12.2 Å². The second-order valence-corrected chi connectivity index (χ2v) is 5.90. The molecule has 0 spiro atoms. The van der Waals surface area contributed by atoms with Crippen molar-refractivity contribution in [3.63, 3.8) is 0 Å². The molecule has 1 atom stereocenters. The number of rotatable bonds is 1. The van der Waals surface area contributed by atoms with Crippen LogP contribution in [0.15, 0.2) is 6.20 Å². The minimum absolute atomic E-state index is 0.277. The zero-order valence-electron chi connectivity index (χ0n) is 9.93. The minimum atomic E-state index is 0.277. The van der Waals surface area contributed by atoms with Crippen molar-refractivity contribution in [3.8, 4) is 0 Å². The van der Waals surface area contributed by atoms with E-state index in [0.717, 1.165) is 44.1 Å². The fourth-order valence-electron chi connectivity index (χ4n) is 2.46. The Kier molecular flexibility index (Phi) is 3.20. The molecular formula is C12H18N4S. The lowest BCUT2D eigenvalue weighted by Crippen LogP contribution is -2.43. The molecule has 0 amide bonds. The molecule has 1 fully saturated rings. The zero-order chi connectivity index (χ0) is 11.7. The number of thioether (sulfide) groups is 1. The lowest BCUT2D eigenvalue weighted by Gasteiger charge is -2.31. The normalized spacial score (nSPS) is 24.5. The number of anilines is 1. The van der Waals surface area contributed by atoms with Crippen molar-refractivity contribution >= 4 is 17.7 Å². The van der Waals surface area contributed by atoms with Gasteiger partial charge in [0.2, 0.25) is 5.95 Å². The van der Waals surface area contributed by atoms with Gasteiger partial charge in [-0.15, -0.1) is 0 Å². The van der Waals surface area contributed by atoms with Crippen molar-refractivity contribution in [2.45, 2.75) is 31.1 Å². The molecule has 0 aromatic carbocycles. The maximum absolute atomic E-state index is 6.00. The second kappa shape index (κ2) is 4.82. The molecule has 3 rings (SSSR count). The van der Waals surface area contributed by atoms with Crippen LogP contribution in [0.1, 0.15) is 24.1 Å². The average Bonchev–Trinajstić information content (AvgIpc) is 2.38. The van der Waals surface area contributed by atoms with Crippen LogP contribution in [0.25, 0.3) is 0 Å². The lowest BCUT2D eigenvalue weighted by atomic mass is 10.1. The van der Waals surface area contributed by atoms with Crippen molar-refractivity contribution < 1.29 is 0 Å². The largest absolute Gasteiger partial charge is 0.339 e. The number of hydrogen-bond donors (Lipinski definition) is 1. The molecule has 1 aromatic heterocycles. The number of hydrogen-bond acceptors (Lipinski definition) is 5. The fraction of sp³-hybridized carbons (Fsp3) is 0.667. The first-order valence-corrected chi connectivity index (χ1v) is 7.41. The predicted molar refractivity (Wildman–Crippen MR) is 71.3 cm³/mol. The van der Waals surface area contributed by atoms with Gasteiger partial charge in [0.15, 0.2) is 0 Å². The summed E-state index contributed by atoms with van der Waals surface area (Å²) in [5.74, 6) is 3.13. The van der Waals surface area contributed by atoms with E-state index in [2.05, 4.69) is 9.88 Å². The van der Waals surface area contributed by atoms with Crippen LogP contribution in [0.5, 0.6) is 0 Å². The molecule has 1 aromatic rings. The van der Waals surface area contributed by atoms with Crippen LogP contribution >= 0.6 is 11.8 Å². The van der Waals surface area contributed by atoms with Gasteiger partial charge in [-0.05, 0) is 25.0 Å². The third kappa shape index (κ3) is 2.40. The summed E-state index contributed by atoms with van der Waals surface area (Å²) in [6.07, 6.45) is 5.36. The number of nitrogens with two attached hydrogens (primary N) is 1. The summed E-state index contributed by atoms with van der Waals surface area (Å²) < 4.78 is 0. The summed E-state index contributed by atoms with van der Waals surface area (Å²) in [5.41, 5.74) is 8.55. The van der Waals surface area contributed by atoms with E-state index in [-0.39, 0.29) is 6.04 Å². The van der Waals surface area contributed by atoms with Gasteiger partial charge >= 0.3 is 0 Å². The predicted octanol–water partition coefficient (Wildman–Crippen LogP) is 1.19. The molecule has 0 radical (unpaired) electrons. The number of aromatic nitrogens is 2. The number of piperidine rings is 1. The standard InChI is InChI=1S/C12H18N4S/c13-10-2-1-4-16(7-10)12-14-6-9-8-17-5-3-11(9)15-12/h6,10H,1-5,7-8,13H2. The quantitative estimate of drug-likeness (QED) is 0.811. The first-order valence-electron chi connectivity index (χ1n) is 6.26. The Bertz CT molecular complexity index is 409. The topological polar surface area (TPSA) is 55.0 Å². The molecule has 2 aliphatic rings. The molecule has 3 heterocycles. The van der Waals surface area contributed by atoms with E-state index in [4.69, 9.17) is 10.7 Å². The molecule has 17 heavy (non-hydrogen) atoms. The Morgan fingerprint density at radius 2 is 2.41 bits per heavy atom. The van der Waals surface area contributed by atoms with Crippen LogP contribution < -0.4 is 10.6 Å². The molecule has 0 saturated carbocycles. The molecule has 0 aliphatic carbocycles. The van der Waals surface area contributed by atoms with Gasteiger partial charge in [0.05, 0.1) is 5.69 Å². The Hall–Kier alpha value is -0.810. The van der Waals surface area contributed by atoms with Crippen molar-refractivity contribution in [2.75, 3.05) is 23.7 Å². The molecule has 5 heteroatoms. The molecule has 1 unspecified atom stereocenters. The Morgan fingerprint density at radius 3 is 3.29 bits per heavy atom. The second-order valence-electron chi connectivity index (χ2n) is 4.79. The first-order chi connectivity index (χ1) is 8.33. The molecule has 2 N–H and O–H groups in total. The van der Waals surface area contributed by atoms with Gasteiger partial charge in [0.25, 0.3) is 0 Å². The molecule has 2 aliphatic heterocycles. The van der Waals surface area contributed by atoms with E-state index in [0.29, 0.717) is 0 Å². The summed E-state index contributed by atoms with van der Waals surface area (Å²) in [5, 5.41) is 0. The molecule has 1 saturated heterocycles. The van der Waals surface area contributed by atoms with Crippen LogP contribution in [0.4, 0.5) is 5.95 Å². The van der Waals surface area contributed by atoms with Gasteiger partial charge in [-0.3, -0.25) is 0 Å². The number of aryl methyl sites for hydroxylation is 1. The van der Waals surface area contributed by atoms with Crippen molar-refractivity contribution in [3.05, 3.63) is 17.5 Å². The van der Waals surface area contributed by atoms with E-state index in [9.17, 15) is 0 Å². The van der Waals surface area contributed by atoms with E-state index < -0.39 is 0 Å². The van der Waals surface area contributed by atoms with Crippen molar-refractivity contribution in [1.82, 2.24) is 9.97 Å². The highest BCUT2D eigenvalue weighted by Crippen LogP contribution is 2.24. The maximum Gasteiger partial charge on any atom is 0.225 e. The van der Waals surface area contributed by atoms with Gasteiger partial charge in [-0.2, -0.15) is 11.8 Å². The third-order valence-electron chi connectivity index (χ3n) is 3.42. The Labute approximate surface area is 106 Å². The van der Waals surface area contributed by atoms with Gasteiger partial charge in [0, 0.05) is 36.6 Å². The van der Waals surface area contributed by atoms with E-state index in [1.165, 1.54) is 17.0 Å². The van der Waals surface area contributed by atoms with E-state index in [1.807, 2.05) is 18.0 Å². The van der Waals surface area contributed by atoms with E-state index in [1.54, 1.807) is 0 Å². The van der Waals surface area contributed by atoms with Gasteiger partial charge < -0.3 is 10.6 Å². The van der Waals surface area contributed by atoms with Gasteiger partial charge in [0.1, 0.15) is 0 Å². The highest BCUT2D eigenvalue weighted by Gasteiger charge is 2.20. The molecule has 92 valence electrons. The van der Waals surface area contributed by atoms with Gasteiger partial charge in [-0.1, -0.05) is 0 Å². The number of nitrogens with zero attached hydrogens (tertiary/aromatic N) is 3. The van der Waals surface area contributed by atoms with Crippen LogP contribution in [0.3, 0.4) is 0 Å². The SMILES string of the molecule is NC1CCCN(c2ncc3c(n2)CCSC3)C1. The summed E-state index contributed by atoms with van der Waals surface area (Å²) in [6.45, 7) is 1.94. The molecular weight excluding hydrogens is 232 g/mol.